The molecule has 6 heteroatoms. The average Bonchev–Trinajstić information content (AvgIpc) is 3.20. The van der Waals surface area contributed by atoms with Crippen LogP contribution in [0, 0.1) is 0 Å². The van der Waals surface area contributed by atoms with E-state index in [-0.39, 0.29) is 5.37 Å². The van der Waals surface area contributed by atoms with Crippen LogP contribution >= 0.6 is 23.4 Å². The molecular formula is C21H18ClNO2S2. The Bertz CT molecular complexity index is 1040. The minimum atomic E-state index is -3.58. The number of sulfonamides is 1. The Morgan fingerprint density at radius 2 is 1.59 bits per heavy atom. The molecular weight excluding hydrogens is 398 g/mol. The van der Waals surface area contributed by atoms with E-state index >= 15 is 0 Å². The van der Waals surface area contributed by atoms with E-state index in [4.69, 9.17) is 11.6 Å². The molecule has 0 unspecified atom stereocenters. The van der Waals surface area contributed by atoms with Gasteiger partial charge in [-0.15, -0.1) is 11.8 Å². The molecule has 0 aromatic heterocycles. The third-order valence-electron chi connectivity index (χ3n) is 4.55. The van der Waals surface area contributed by atoms with Crippen LogP contribution in [0.2, 0.25) is 5.02 Å². The molecule has 1 atom stereocenters. The number of hydrogen-bond donors (Lipinski definition) is 0. The zero-order valence-electron chi connectivity index (χ0n) is 14.5. The van der Waals surface area contributed by atoms with Gasteiger partial charge in [0.2, 0.25) is 10.0 Å². The average molecular weight is 416 g/mol. The molecule has 27 heavy (non-hydrogen) atoms. The first-order chi connectivity index (χ1) is 13.1. The van der Waals surface area contributed by atoms with Crippen LogP contribution in [0.3, 0.4) is 0 Å². The molecule has 0 bridgehead atoms. The van der Waals surface area contributed by atoms with Gasteiger partial charge in [0.15, 0.2) is 0 Å². The summed E-state index contributed by atoms with van der Waals surface area (Å²) in [5.74, 6) is 0.762. The van der Waals surface area contributed by atoms with E-state index < -0.39 is 10.0 Å². The van der Waals surface area contributed by atoms with Crippen LogP contribution < -0.4 is 0 Å². The van der Waals surface area contributed by atoms with E-state index in [0.29, 0.717) is 16.5 Å². The van der Waals surface area contributed by atoms with Gasteiger partial charge in [-0.25, -0.2) is 8.42 Å². The summed E-state index contributed by atoms with van der Waals surface area (Å²) < 4.78 is 28.0. The summed E-state index contributed by atoms with van der Waals surface area (Å²) in [6.07, 6.45) is 0. The highest BCUT2D eigenvalue weighted by molar-refractivity contribution is 8.01. The van der Waals surface area contributed by atoms with Gasteiger partial charge in [-0.3, -0.25) is 0 Å². The van der Waals surface area contributed by atoms with Gasteiger partial charge in [0.1, 0.15) is 0 Å². The van der Waals surface area contributed by atoms with Crippen molar-refractivity contribution in [3.05, 3.63) is 89.4 Å². The smallest absolute Gasteiger partial charge is 0.207 e. The molecule has 0 saturated carbocycles. The largest absolute Gasteiger partial charge is 0.244 e. The van der Waals surface area contributed by atoms with Crippen molar-refractivity contribution in [2.24, 2.45) is 0 Å². The van der Waals surface area contributed by atoms with E-state index in [2.05, 4.69) is 0 Å². The zero-order chi connectivity index (χ0) is 18.9. The highest BCUT2D eigenvalue weighted by atomic mass is 35.5. The fraction of sp³-hybridized carbons (Fsp3) is 0.143. The maximum Gasteiger partial charge on any atom is 0.244 e. The van der Waals surface area contributed by atoms with Gasteiger partial charge >= 0.3 is 0 Å². The standard InChI is InChI=1S/C21H18ClNO2S2/c22-19-8-4-7-18(15-19)21-23(13-14-26-21)27(24,25)20-11-9-17(10-12-20)16-5-2-1-3-6-16/h1-12,15,21H,13-14H2/t21-/m0/s1. The van der Waals surface area contributed by atoms with E-state index in [1.807, 2.05) is 60.7 Å². The Morgan fingerprint density at radius 1 is 0.889 bits per heavy atom. The third-order valence-corrected chi connectivity index (χ3v) is 8.06. The predicted molar refractivity (Wildman–Crippen MR) is 112 cm³/mol. The van der Waals surface area contributed by atoms with E-state index in [1.165, 1.54) is 0 Å². The summed E-state index contributed by atoms with van der Waals surface area (Å²) >= 11 is 7.72. The van der Waals surface area contributed by atoms with Crippen molar-refractivity contribution in [2.45, 2.75) is 10.3 Å². The highest BCUT2D eigenvalue weighted by Gasteiger charge is 2.36. The normalized spacial score (nSPS) is 17.9. The Hall–Kier alpha value is -1.79. The maximum absolute atomic E-state index is 13.2. The van der Waals surface area contributed by atoms with Crippen LogP contribution in [0.5, 0.6) is 0 Å². The quantitative estimate of drug-likeness (QED) is 0.569. The lowest BCUT2D eigenvalue weighted by molar-refractivity contribution is 0.434. The van der Waals surface area contributed by atoms with Crippen LogP contribution in [0.4, 0.5) is 0 Å². The number of rotatable bonds is 4. The van der Waals surface area contributed by atoms with Crippen molar-refractivity contribution >= 4 is 33.4 Å². The monoisotopic (exact) mass is 415 g/mol. The molecule has 1 fully saturated rings. The fourth-order valence-corrected chi connectivity index (χ4v) is 6.64. The Balaban J connectivity index is 1.64. The summed E-state index contributed by atoms with van der Waals surface area (Å²) in [5, 5.41) is 0.368. The molecule has 3 aromatic carbocycles. The van der Waals surface area contributed by atoms with Gasteiger partial charge in [-0.05, 0) is 41.0 Å². The van der Waals surface area contributed by atoms with Crippen molar-refractivity contribution in [1.82, 2.24) is 4.31 Å². The lowest BCUT2D eigenvalue weighted by atomic mass is 10.1. The summed E-state index contributed by atoms with van der Waals surface area (Å²) in [4.78, 5) is 0.316. The Morgan fingerprint density at radius 3 is 2.30 bits per heavy atom. The number of nitrogens with zero attached hydrogens (tertiary/aromatic N) is 1. The molecule has 0 aliphatic carbocycles. The molecule has 1 saturated heterocycles. The molecule has 138 valence electrons. The first kappa shape index (κ1) is 18.6. The molecule has 4 rings (SSSR count). The first-order valence-electron chi connectivity index (χ1n) is 8.60. The van der Waals surface area contributed by atoms with Gasteiger partial charge < -0.3 is 0 Å². The lowest BCUT2D eigenvalue weighted by Crippen LogP contribution is -2.30. The summed E-state index contributed by atoms with van der Waals surface area (Å²) in [7, 11) is -3.58. The van der Waals surface area contributed by atoms with Crippen LogP contribution in [-0.2, 0) is 10.0 Å². The van der Waals surface area contributed by atoms with Crippen LogP contribution in [0.25, 0.3) is 11.1 Å². The predicted octanol–water partition coefficient (Wildman–Crippen LogP) is 5.44. The number of thioether (sulfide) groups is 1. The maximum atomic E-state index is 13.2. The summed E-state index contributed by atoms with van der Waals surface area (Å²) in [5.41, 5.74) is 2.97. The molecule has 3 aromatic rings. The Labute approximate surface area is 169 Å². The molecule has 0 amide bonds. The fourth-order valence-electron chi connectivity index (χ4n) is 3.21. The summed E-state index contributed by atoms with van der Waals surface area (Å²) in [6.45, 7) is 0.491. The second-order valence-electron chi connectivity index (χ2n) is 6.28. The van der Waals surface area contributed by atoms with Crippen molar-refractivity contribution in [2.75, 3.05) is 12.3 Å². The second-order valence-corrected chi connectivity index (χ2v) is 9.80. The van der Waals surface area contributed by atoms with Gasteiger partial charge in [-0.1, -0.05) is 66.2 Å². The van der Waals surface area contributed by atoms with Gasteiger partial charge in [0, 0.05) is 17.3 Å². The third kappa shape index (κ3) is 3.78. The van der Waals surface area contributed by atoms with E-state index in [1.54, 1.807) is 34.3 Å². The van der Waals surface area contributed by atoms with Crippen molar-refractivity contribution < 1.29 is 8.42 Å². The number of benzene rings is 3. The highest BCUT2D eigenvalue weighted by Crippen LogP contribution is 2.42. The van der Waals surface area contributed by atoms with E-state index in [9.17, 15) is 8.42 Å². The van der Waals surface area contributed by atoms with Gasteiger partial charge in [0.25, 0.3) is 0 Å². The molecule has 1 aliphatic heterocycles. The summed E-state index contributed by atoms with van der Waals surface area (Å²) in [6, 6.07) is 24.4. The SMILES string of the molecule is O=S(=O)(c1ccc(-c2ccccc2)cc1)N1CCS[C@H]1c1cccc(Cl)c1. The van der Waals surface area contributed by atoms with Gasteiger partial charge in [0.05, 0.1) is 10.3 Å². The lowest BCUT2D eigenvalue weighted by Gasteiger charge is -2.23. The first-order valence-corrected chi connectivity index (χ1v) is 11.5. The number of hydrogen-bond acceptors (Lipinski definition) is 3. The molecule has 0 spiro atoms. The van der Waals surface area contributed by atoms with Gasteiger partial charge in [-0.2, -0.15) is 4.31 Å². The van der Waals surface area contributed by atoms with Crippen molar-refractivity contribution in [3.63, 3.8) is 0 Å². The van der Waals surface area contributed by atoms with Crippen molar-refractivity contribution in [1.29, 1.82) is 0 Å². The molecule has 0 radical (unpaired) electrons. The molecule has 0 N–H and O–H groups in total. The second kappa shape index (κ2) is 7.68. The minimum Gasteiger partial charge on any atom is -0.207 e. The van der Waals surface area contributed by atoms with Crippen molar-refractivity contribution in [3.8, 4) is 11.1 Å². The van der Waals surface area contributed by atoms with E-state index in [0.717, 1.165) is 22.4 Å². The molecule has 1 aliphatic rings. The van der Waals surface area contributed by atoms with Crippen LogP contribution in [0.15, 0.2) is 83.8 Å². The number of halogens is 1. The van der Waals surface area contributed by atoms with Crippen LogP contribution in [0.1, 0.15) is 10.9 Å². The minimum absolute atomic E-state index is 0.248. The topological polar surface area (TPSA) is 37.4 Å². The molecule has 3 nitrogen and oxygen atoms in total. The Kier molecular flexibility index (Phi) is 5.28. The zero-order valence-corrected chi connectivity index (χ0v) is 16.8. The molecule has 1 heterocycles. The van der Waals surface area contributed by atoms with Crippen LogP contribution in [-0.4, -0.2) is 25.0 Å².